The Morgan fingerprint density at radius 1 is 0.789 bits per heavy atom. The molecule has 0 saturated carbocycles. The average Bonchev–Trinajstić information content (AvgIpc) is 2.29. The molecule has 0 unspecified atom stereocenters. The maximum atomic E-state index is 10.1. The van der Waals surface area contributed by atoms with Crippen molar-refractivity contribution in [2.24, 2.45) is 0 Å². The van der Waals surface area contributed by atoms with Gasteiger partial charge in [-0.3, -0.25) is 4.18 Å². The Balaban J connectivity index is 0. The van der Waals surface area contributed by atoms with Crippen LogP contribution in [0.1, 0.15) is 77.6 Å². The Labute approximate surface area is 148 Å². The first-order valence-electron chi connectivity index (χ1n) is 7.16. The van der Waals surface area contributed by atoms with E-state index in [1.165, 1.54) is 51.4 Å². The van der Waals surface area contributed by atoms with E-state index < -0.39 is 10.4 Å². The van der Waals surface area contributed by atoms with Crippen molar-refractivity contribution in [3.05, 3.63) is 0 Å². The Kier molecular flexibility index (Phi) is 18.3. The van der Waals surface area contributed by atoms with Crippen LogP contribution in [0, 0.1) is 0 Å². The maximum Gasteiger partial charge on any atom is 2.00 e. The topological polar surface area (TPSA) is 66.4 Å². The predicted molar refractivity (Wildman–Crippen MR) is 77.9 cm³/mol. The van der Waals surface area contributed by atoms with Gasteiger partial charge in [0.25, 0.3) is 0 Å². The summed E-state index contributed by atoms with van der Waals surface area (Å²) in [6, 6.07) is 0. The number of rotatable bonds is 13. The van der Waals surface area contributed by atoms with E-state index in [0.29, 0.717) is 6.42 Å². The van der Waals surface area contributed by atoms with Crippen LogP contribution in [0.3, 0.4) is 0 Å². The maximum absolute atomic E-state index is 10.1. The molecule has 0 heterocycles. The standard InChI is InChI=1S/C13H28O4S.Ca/c1-2-3-4-5-6-7-8-9-10-11-12-13-17-18(14,15)16;/h2-13H2,1H3,(H,14,15,16);/q;+2/p-1. The summed E-state index contributed by atoms with van der Waals surface area (Å²) in [7, 11) is -4.49. The zero-order valence-corrected chi connectivity index (χ0v) is 15.3. The van der Waals surface area contributed by atoms with Gasteiger partial charge in [-0.05, 0) is 6.42 Å². The smallest absolute Gasteiger partial charge is 0.726 e. The minimum absolute atomic E-state index is 0. The molecule has 110 valence electrons. The molecular weight excluding hydrogens is 292 g/mol. The molecule has 0 fully saturated rings. The summed E-state index contributed by atoms with van der Waals surface area (Å²) in [5.74, 6) is 0. The molecule has 0 aliphatic carbocycles. The van der Waals surface area contributed by atoms with Crippen LogP contribution in [-0.4, -0.2) is 57.3 Å². The monoisotopic (exact) mass is 319 g/mol. The van der Waals surface area contributed by atoms with Crippen molar-refractivity contribution in [2.75, 3.05) is 6.61 Å². The molecule has 0 aromatic rings. The fourth-order valence-electron chi connectivity index (χ4n) is 1.93. The fraction of sp³-hybridized carbons (Fsp3) is 1.00. The van der Waals surface area contributed by atoms with Gasteiger partial charge in [0.15, 0.2) is 0 Å². The Hall–Kier alpha value is 1.13. The first-order valence-corrected chi connectivity index (χ1v) is 8.50. The van der Waals surface area contributed by atoms with Crippen LogP contribution in [0.15, 0.2) is 0 Å². The molecule has 0 aromatic carbocycles. The molecule has 0 aliphatic rings. The molecule has 0 atom stereocenters. The molecule has 0 aliphatic heterocycles. The van der Waals surface area contributed by atoms with Crippen molar-refractivity contribution in [3.63, 3.8) is 0 Å². The van der Waals surface area contributed by atoms with Gasteiger partial charge >= 0.3 is 37.7 Å². The molecule has 6 heteroatoms. The minimum Gasteiger partial charge on any atom is -0.726 e. The van der Waals surface area contributed by atoms with Crippen LogP contribution >= 0.6 is 0 Å². The molecule has 4 nitrogen and oxygen atoms in total. The van der Waals surface area contributed by atoms with Gasteiger partial charge in [-0.2, -0.15) is 0 Å². The third-order valence-electron chi connectivity index (χ3n) is 2.98. The molecular formula is C13H27CaO4S+. The van der Waals surface area contributed by atoms with E-state index in [4.69, 9.17) is 0 Å². The van der Waals surface area contributed by atoms with Gasteiger partial charge in [0.2, 0.25) is 10.4 Å². The normalized spacial score (nSPS) is 11.3. The van der Waals surface area contributed by atoms with Gasteiger partial charge in [-0.25, -0.2) is 8.42 Å². The zero-order valence-electron chi connectivity index (χ0n) is 12.2. The van der Waals surface area contributed by atoms with Crippen LogP contribution in [-0.2, 0) is 14.6 Å². The van der Waals surface area contributed by atoms with Crippen LogP contribution in [0.25, 0.3) is 0 Å². The van der Waals surface area contributed by atoms with Crippen molar-refractivity contribution in [1.29, 1.82) is 0 Å². The van der Waals surface area contributed by atoms with Crippen molar-refractivity contribution >= 4 is 48.1 Å². The van der Waals surface area contributed by atoms with Gasteiger partial charge in [0.1, 0.15) is 0 Å². The van der Waals surface area contributed by atoms with Gasteiger partial charge in [0.05, 0.1) is 6.61 Å². The second-order valence-corrected chi connectivity index (χ2v) is 5.82. The number of hydrogen-bond acceptors (Lipinski definition) is 4. The summed E-state index contributed by atoms with van der Waals surface area (Å²) in [5, 5.41) is 0. The number of unbranched alkanes of at least 4 members (excludes halogenated alkanes) is 10. The molecule has 0 N–H and O–H groups in total. The Morgan fingerprint density at radius 3 is 1.53 bits per heavy atom. The van der Waals surface area contributed by atoms with Crippen molar-refractivity contribution in [2.45, 2.75) is 77.6 Å². The van der Waals surface area contributed by atoms with Crippen molar-refractivity contribution in [3.8, 4) is 0 Å². The summed E-state index contributed by atoms with van der Waals surface area (Å²) in [6.07, 6.45) is 13.1. The zero-order chi connectivity index (χ0) is 13.7. The Morgan fingerprint density at radius 2 is 1.16 bits per heavy atom. The van der Waals surface area contributed by atoms with Crippen LogP contribution in [0.4, 0.5) is 0 Å². The fourth-order valence-corrected chi connectivity index (χ4v) is 2.25. The SMILES string of the molecule is CCCCCCCCCCCCCOS(=O)(=O)[O-].[Ca+2]. The van der Waals surface area contributed by atoms with Crippen molar-refractivity contribution < 1.29 is 17.2 Å². The third kappa shape index (κ3) is 21.6. The van der Waals surface area contributed by atoms with E-state index in [1.54, 1.807) is 0 Å². The van der Waals surface area contributed by atoms with Crippen molar-refractivity contribution in [1.82, 2.24) is 0 Å². The quantitative estimate of drug-likeness (QED) is 0.226. The van der Waals surface area contributed by atoms with E-state index in [1.807, 2.05) is 0 Å². The van der Waals surface area contributed by atoms with E-state index in [0.717, 1.165) is 12.8 Å². The van der Waals surface area contributed by atoms with E-state index in [-0.39, 0.29) is 44.3 Å². The number of hydrogen-bond donors (Lipinski definition) is 0. The van der Waals surface area contributed by atoms with Crippen LogP contribution in [0.5, 0.6) is 0 Å². The Bertz CT molecular complexity index is 268. The van der Waals surface area contributed by atoms with E-state index in [2.05, 4.69) is 11.1 Å². The largest absolute Gasteiger partial charge is 2.00 e. The van der Waals surface area contributed by atoms with Crippen LogP contribution < -0.4 is 0 Å². The first-order chi connectivity index (χ1) is 8.56. The first kappa shape index (κ1) is 22.4. The molecule has 0 saturated heterocycles. The second kappa shape index (κ2) is 15.5. The summed E-state index contributed by atoms with van der Waals surface area (Å²) in [6.45, 7) is 2.25. The molecule has 0 amide bonds. The van der Waals surface area contributed by atoms with Gasteiger partial charge < -0.3 is 4.55 Å². The third-order valence-corrected chi connectivity index (χ3v) is 3.43. The molecule has 0 bridgehead atoms. The minimum atomic E-state index is -4.49. The van der Waals surface area contributed by atoms with Gasteiger partial charge in [-0.15, -0.1) is 0 Å². The summed E-state index contributed by atoms with van der Waals surface area (Å²) < 4.78 is 34.5. The average molecular weight is 320 g/mol. The summed E-state index contributed by atoms with van der Waals surface area (Å²) >= 11 is 0. The van der Waals surface area contributed by atoms with Crippen LogP contribution in [0.2, 0.25) is 0 Å². The molecule has 0 aromatic heterocycles. The summed E-state index contributed by atoms with van der Waals surface area (Å²) in [4.78, 5) is 0. The predicted octanol–water partition coefficient (Wildman–Crippen LogP) is 3.39. The molecule has 0 spiro atoms. The molecule has 19 heavy (non-hydrogen) atoms. The van der Waals surface area contributed by atoms with E-state index in [9.17, 15) is 13.0 Å². The van der Waals surface area contributed by atoms with Gasteiger partial charge in [-0.1, -0.05) is 71.1 Å². The second-order valence-electron chi connectivity index (χ2n) is 4.77. The molecule has 0 rings (SSSR count). The van der Waals surface area contributed by atoms with E-state index >= 15 is 0 Å². The molecule has 0 radical (unpaired) electrons. The van der Waals surface area contributed by atoms with Gasteiger partial charge in [0, 0.05) is 0 Å². The summed E-state index contributed by atoms with van der Waals surface area (Å²) in [5.41, 5.74) is 0.